The van der Waals surface area contributed by atoms with Crippen molar-refractivity contribution in [2.24, 2.45) is 0 Å². The molecular formula is C28H33FN4O3. The number of carbonyl (C=O) groups is 2. The molecule has 2 aromatic carbocycles. The van der Waals surface area contributed by atoms with Gasteiger partial charge in [-0.15, -0.1) is 0 Å². The van der Waals surface area contributed by atoms with Crippen molar-refractivity contribution in [2.75, 3.05) is 13.1 Å². The first-order valence-corrected chi connectivity index (χ1v) is 12.3. The molecule has 0 bridgehead atoms. The number of likely N-dealkylation sites (tertiary alicyclic amines) is 1. The number of halogens is 1. The lowest BCUT2D eigenvalue weighted by Crippen LogP contribution is -2.41. The summed E-state index contributed by atoms with van der Waals surface area (Å²) in [4.78, 5) is 27.5. The summed E-state index contributed by atoms with van der Waals surface area (Å²) < 4.78 is 20.6. The molecule has 0 radical (unpaired) electrons. The number of amides is 2. The number of hydrogen-bond donors (Lipinski definition) is 1. The molecule has 1 aliphatic heterocycles. The van der Waals surface area contributed by atoms with Gasteiger partial charge in [0.05, 0.1) is 23.1 Å². The van der Waals surface area contributed by atoms with Gasteiger partial charge < -0.3 is 15.0 Å². The number of aryl methyl sites for hydroxylation is 1. The number of rotatable bonds is 5. The smallest absolute Gasteiger partial charge is 0.410 e. The number of aromatic nitrogens is 2. The van der Waals surface area contributed by atoms with E-state index in [-0.39, 0.29) is 30.3 Å². The number of carbonyl (C=O) groups excluding carboxylic acids is 2. The van der Waals surface area contributed by atoms with Gasteiger partial charge in [0.25, 0.3) is 5.91 Å². The fourth-order valence-corrected chi connectivity index (χ4v) is 4.43. The minimum Gasteiger partial charge on any atom is -0.444 e. The highest BCUT2D eigenvalue weighted by Crippen LogP contribution is 2.33. The third-order valence-corrected chi connectivity index (χ3v) is 6.20. The second-order valence-corrected chi connectivity index (χ2v) is 10.2. The van der Waals surface area contributed by atoms with Crippen molar-refractivity contribution in [3.05, 3.63) is 82.9 Å². The Morgan fingerprint density at radius 1 is 1.11 bits per heavy atom. The highest BCUT2D eigenvalue weighted by molar-refractivity contribution is 5.95. The number of nitrogens with zero attached hydrogens (tertiary/aromatic N) is 3. The van der Waals surface area contributed by atoms with Crippen LogP contribution in [0.15, 0.2) is 54.7 Å². The Hall–Kier alpha value is -3.68. The molecule has 0 spiro atoms. The van der Waals surface area contributed by atoms with E-state index in [1.54, 1.807) is 23.2 Å². The molecule has 8 heteroatoms. The summed E-state index contributed by atoms with van der Waals surface area (Å²) in [6, 6.07) is 14.0. The maximum atomic E-state index is 13.3. The van der Waals surface area contributed by atoms with E-state index in [0.717, 1.165) is 22.5 Å². The highest BCUT2D eigenvalue weighted by Gasteiger charge is 2.32. The van der Waals surface area contributed by atoms with Gasteiger partial charge in [0.1, 0.15) is 11.4 Å². The topological polar surface area (TPSA) is 76.5 Å². The maximum Gasteiger partial charge on any atom is 0.410 e. The average molecular weight is 493 g/mol. The first kappa shape index (κ1) is 25.4. The van der Waals surface area contributed by atoms with Crippen molar-refractivity contribution >= 4 is 12.0 Å². The average Bonchev–Trinajstić information content (AvgIpc) is 3.28. The van der Waals surface area contributed by atoms with Gasteiger partial charge in [0.15, 0.2) is 0 Å². The Morgan fingerprint density at radius 3 is 2.44 bits per heavy atom. The monoisotopic (exact) mass is 492 g/mol. The quantitative estimate of drug-likeness (QED) is 0.520. The molecule has 0 saturated carbocycles. The Balaban J connectivity index is 1.56. The van der Waals surface area contributed by atoms with Crippen molar-refractivity contribution in [2.45, 2.75) is 58.6 Å². The molecule has 1 saturated heterocycles. The Labute approximate surface area is 211 Å². The molecule has 2 heterocycles. The minimum absolute atomic E-state index is 0.0401. The van der Waals surface area contributed by atoms with Gasteiger partial charge in [-0.3, -0.25) is 4.79 Å². The molecule has 1 aromatic heterocycles. The molecule has 3 aromatic rings. The summed E-state index contributed by atoms with van der Waals surface area (Å²) in [6.45, 7) is 8.94. The van der Waals surface area contributed by atoms with Crippen LogP contribution >= 0.6 is 0 Å². The van der Waals surface area contributed by atoms with Crippen LogP contribution in [0.25, 0.3) is 5.69 Å². The molecule has 0 unspecified atom stereocenters. The van der Waals surface area contributed by atoms with Gasteiger partial charge in [-0.2, -0.15) is 5.10 Å². The van der Waals surface area contributed by atoms with Gasteiger partial charge in [0, 0.05) is 25.6 Å². The van der Waals surface area contributed by atoms with E-state index in [9.17, 15) is 14.0 Å². The lowest BCUT2D eigenvalue weighted by atomic mass is 9.90. The molecule has 190 valence electrons. The standard InChI is InChI=1S/C28H33FN4O3/c1-19-6-5-7-23(16-19)33-25(21-12-14-32(15-13-21)27(35)36-28(2,3)4)24(18-31-33)26(34)30-17-20-8-10-22(29)11-9-20/h5-11,16,18,21H,12-15,17H2,1-4H3,(H,30,34). The van der Waals surface area contributed by atoms with E-state index in [1.165, 1.54) is 12.1 Å². The summed E-state index contributed by atoms with van der Waals surface area (Å²) in [5, 5.41) is 7.54. The number of benzene rings is 2. The highest BCUT2D eigenvalue weighted by atomic mass is 19.1. The van der Waals surface area contributed by atoms with Gasteiger partial charge in [0.2, 0.25) is 0 Å². The van der Waals surface area contributed by atoms with E-state index < -0.39 is 5.60 Å². The SMILES string of the molecule is Cc1cccc(-n2ncc(C(=O)NCc3ccc(F)cc3)c2C2CCN(C(=O)OC(C)(C)C)CC2)c1. The van der Waals surface area contributed by atoms with Crippen LogP contribution in [0.4, 0.5) is 9.18 Å². The summed E-state index contributed by atoms with van der Waals surface area (Å²) >= 11 is 0. The molecule has 36 heavy (non-hydrogen) atoms. The molecule has 1 N–H and O–H groups in total. The molecule has 2 amide bonds. The normalized spacial score (nSPS) is 14.5. The van der Waals surface area contributed by atoms with E-state index in [0.29, 0.717) is 31.5 Å². The van der Waals surface area contributed by atoms with E-state index in [4.69, 9.17) is 4.74 Å². The Kier molecular flexibility index (Phi) is 7.43. The van der Waals surface area contributed by atoms with Crippen LogP contribution in [0.5, 0.6) is 0 Å². The number of piperidine rings is 1. The van der Waals surface area contributed by atoms with E-state index in [1.807, 2.05) is 56.6 Å². The summed E-state index contributed by atoms with van der Waals surface area (Å²) in [5.74, 6) is -0.509. The van der Waals surface area contributed by atoms with Crippen molar-refractivity contribution in [1.29, 1.82) is 0 Å². The van der Waals surface area contributed by atoms with Gasteiger partial charge >= 0.3 is 6.09 Å². The molecular weight excluding hydrogens is 459 g/mol. The van der Waals surface area contributed by atoms with Crippen molar-refractivity contribution in [1.82, 2.24) is 20.0 Å². The van der Waals surface area contributed by atoms with Crippen LogP contribution in [-0.4, -0.2) is 45.4 Å². The number of nitrogens with one attached hydrogen (secondary N) is 1. The zero-order valence-corrected chi connectivity index (χ0v) is 21.3. The number of ether oxygens (including phenoxy) is 1. The molecule has 0 aliphatic carbocycles. The van der Waals surface area contributed by atoms with Crippen molar-refractivity contribution in [3.8, 4) is 5.69 Å². The fraction of sp³-hybridized carbons (Fsp3) is 0.393. The van der Waals surface area contributed by atoms with E-state index in [2.05, 4.69) is 10.4 Å². The van der Waals surface area contributed by atoms with E-state index >= 15 is 0 Å². The molecule has 1 aliphatic rings. The maximum absolute atomic E-state index is 13.3. The van der Waals surface area contributed by atoms with Crippen LogP contribution in [-0.2, 0) is 11.3 Å². The summed E-state index contributed by atoms with van der Waals surface area (Å²) in [7, 11) is 0. The van der Waals surface area contributed by atoms with Gasteiger partial charge in [-0.25, -0.2) is 13.9 Å². The second-order valence-electron chi connectivity index (χ2n) is 10.2. The van der Waals surface area contributed by atoms with Crippen molar-refractivity contribution in [3.63, 3.8) is 0 Å². The summed E-state index contributed by atoms with van der Waals surface area (Å²) in [5.41, 5.74) is 3.58. The Morgan fingerprint density at radius 2 is 1.81 bits per heavy atom. The third-order valence-electron chi connectivity index (χ3n) is 6.20. The van der Waals surface area contributed by atoms with Crippen LogP contribution in [0.1, 0.15) is 66.7 Å². The molecule has 7 nitrogen and oxygen atoms in total. The Bertz CT molecular complexity index is 1220. The largest absolute Gasteiger partial charge is 0.444 e. The minimum atomic E-state index is -0.548. The summed E-state index contributed by atoms with van der Waals surface area (Å²) in [6.07, 6.45) is 2.67. The number of hydrogen-bond acceptors (Lipinski definition) is 4. The predicted octanol–water partition coefficient (Wildman–Crippen LogP) is 5.36. The second kappa shape index (κ2) is 10.5. The van der Waals surface area contributed by atoms with Gasteiger partial charge in [-0.1, -0.05) is 24.3 Å². The lowest BCUT2D eigenvalue weighted by Gasteiger charge is -2.34. The first-order valence-electron chi connectivity index (χ1n) is 12.3. The fourth-order valence-electron chi connectivity index (χ4n) is 4.43. The predicted molar refractivity (Wildman–Crippen MR) is 136 cm³/mol. The van der Waals surface area contributed by atoms with Crippen molar-refractivity contribution < 1.29 is 18.7 Å². The lowest BCUT2D eigenvalue weighted by molar-refractivity contribution is 0.0203. The van der Waals surface area contributed by atoms with Gasteiger partial charge in [-0.05, 0) is 75.9 Å². The van der Waals surface area contributed by atoms with Crippen LogP contribution in [0.2, 0.25) is 0 Å². The van der Waals surface area contributed by atoms with Crippen LogP contribution < -0.4 is 5.32 Å². The molecule has 1 fully saturated rings. The molecule has 0 atom stereocenters. The van der Waals surface area contributed by atoms with Crippen LogP contribution in [0.3, 0.4) is 0 Å². The molecule has 4 rings (SSSR count). The third kappa shape index (κ3) is 6.11. The van der Waals surface area contributed by atoms with Crippen LogP contribution in [0, 0.1) is 12.7 Å². The zero-order chi connectivity index (χ0) is 25.9. The first-order chi connectivity index (χ1) is 17.1. The zero-order valence-electron chi connectivity index (χ0n) is 21.3.